The molecule has 0 saturated carbocycles. The van der Waals surface area contributed by atoms with E-state index in [1.807, 2.05) is 134 Å². The molecule has 0 aliphatic rings. The lowest BCUT2D eigenvalue weighted by atomic mass is 10.1. The highest BCUT2D eigenvalue weighted by molar-refractivity contribution is 6.30. The summed E-state index contributed by atoms with van der Waals surface area (Å²) in [7, 11) is 0. The van der Waals surface area contributed by atoms with Crippen molar-refractivity contribution in [1.29, 1.82) is 0 Å². The average Bonchev–Trinajstić information content (AvgIpc) is 0.912. The highest BCUT2D eigenvalue weighted by Crippen LogP contribution is 2.19. The number of hydrogen-bond donors (Lipinski definition) is 0. The van der Waals surface area contributed by atoms with E-state index >= 15 is 0 Å². The van der Waals surface area contributed by atoms with E-state index in [9.17, 15) is 17.6 Å². The Hall–Kier alpha value is -14.7. The predicted molar refractivity (Wildman–Crippen MR) is 526 cm³/mol. The van der Waals surface area contributed by atoms with Gasteiger partial charge in [0.1, 0.15) is 38.5 Å². The Morgan fingerprint density at radius 3 is 0.689 bits per heavy atom. The summed E-state index contributed by atoms with van der Waals surface area (Å²) in [4.78, 5) is 26.2. The van der Waals surface area contributed by atoms with Crippen molar-refractivity contribution in [3.05, 3.63) is 432 Å². The normalized spacial score (nSPS) is 9.65. The predicted octanol–water partition coefficient (Wildman–Crippen LogP) is 26.7. The van der Waals surface area contributed by atoms with Gasteiger partial charge in [0.25, 0.3) is 0 Å². The molecule has 11 nitrogen and oxygen atoms in total. The third kappa shape index (κ3) is 42.9. The zero-order chi connectivity index (χ0) is 93.8. The molecule has 7 heterocycles. The van der Waals surface area contributed by atoms with Crippen molar-refractivity contribution in [2.45, 2.75) is 126 Å². The summed E-state index contributed by atoms with van der Waals surface area (Å²) in [6.45, 7) is 17.7. The fourth-order valence-electron chi connectivity index (χ4n) is 11.0. The van der Waals surface area contributed by atoms with Gasteiger partial charge in [0.2, 0.25) is 23.8 Å². The van der Waals surface area contributed by atoms with Gasteiger partial charge in [-0.1, -0.05) is 228 Å². The first-order valence-electron chi connectivity index (χ1n) is 43.6. The minimum atomic E-state index is -0.499. The van der Waals surface area contributed by atoms with Crippen molar-refractivity contribution < 1.29 is 36.5 Å². The smallest absolute Gasteiger partial charge is 0.212 e. The van der Waals surface area contributed by atoms with Gasteiger partial charge in [0.15, 0.2) is 0 Å². The third-order valence-electron chi connectivity index (χ3n) is 18.2. The Bertz CT molecular complexity index is 5990. The number of aryl methyl sites for hydroxylation is 3. The molecule has 0 aliphatic heterocycles. The minimum Gasteiger partial charge on any atom is -0.494 e. The van der Waals surface area contributed by atoms with Gasteiger partial charge in [0.05, 0.1) is 26.4 Å². The summed E-state index contributed by atoms with van der Waals surface area (Å²) in [5.74, 6) is 43.7. The third-order valence-corrected chi connectivity index (χ3v) is 18.8. The van der Waals surface area contributed by atoms with E-state index in [1.54, 1.807) is 61.1 Å². The number of aromatic nitrogens is 7. The molecule has 666 valence electrons. The number of unbranched alkanes of at least 4 members (excludes halogenated alkanes) is 4. The second-order valence-corrected chi connectivity index (χ2v) is 29.9. The maximum absolute atomic E-state index is 12.7. The zero-order valence-electron chi connectivity index (χ0n) is 75.0. The molecule has 132 heavy (non-hydrogen) atoms. The highest BCUT2D eigenvalue weighted by atomic mass is 35.5. The lowest BCUT2D eigenvalue weighted by molar-refractivity contribution is 0.306. The summed E-state index contributed by atoms with van der Waals surface area (Å²) >= 11 is 17.1. The monoisotopic (exact) mass is 1810 g/mol. The molecule has 14 rings (SSSR count). The number of benzene rings is 7. The summed E-state index contributed by atoms with van der Waals surface area (Å²) in [6, 6.07) is 77.9. The fraction of sp³-hybridized carbons (Fsp3) is 0.202. The quantitative estimate of drug-likeness (QED) is 0.0313. The number of rotatable bonds is 20. The van der Waals surface area contributed by atoms with Crippen LogP contribution in [0.1, 0.15) is 201 Å². The van der Waals surface area contributed by atoms with Gasteiger partial charge in [-0.15, -0.1) is 0 Å². The molecule has 0 saturated heterocycles. The van der Waals surface area contributed by atoms with Crippen LogP contribution in [0.25, 0.3) is 0 Å². The molecule has 18 heteroatoms. The Kier molecular flexibility index (Phi) is 47.4. The maximum atomic E-state index is 12.7. The van der Waals surface area contributed by atoms with Crippen LogP contribution in [-0.2, 0) is 19.3 Å². The standard InChI is InChI=1S/C18H18FNO.C17H16ClN.C17H16FNO.C16H14ClN.C16H14FNO.C15H12ClN.C15H12FNO/c1-2-3-4-13-21-17-10-7-15(8-11-17)5-6-16-9-12-18(19)20-14-16;1-2-3-4-14-5-7-15(8-6-14)9-10-16-11-12-17(18)19-13-16;1-2-3-12-20-16-9-6-14(7-10-16)4-5-15-8-11-17(18)19-13-15;1-2-3-13-4-6-14(7-5-13)8-9-15-10-11-16(17)18-12-15;1-2-11-19-15-8-5-13(6-9-15)3-4-14-7-10-16(17)18-12-14;1-2-12-3-5-13(6-4-12)7-8-14-9-10-15(16)17-11-14;1-2-18-14-8-5-12(6-9-14)3-4-13-7-10-15(16)17-11-13/h7-12,14H,2-4,13H2,1H3;5-8,11-13H,2-4H2,1H3;6-11,13H,2-3,12H2,1H3;4-7,10-12H,2-3H2,1H3;5-10,12H,2,11H2,1H3;3-6,9-11H,2H2,1H3;5-11H,2H2,1H3. The SMILES string of the molecule is CCCCCOc1ccc(C#Cc2ccc(F)nc2)cc1.CCCCOc1ccc(C#Cc2ccc(F)nc2)cc1.CCCCc1ccc(C#Cc2ccc(Cl)nc2)cc1.CCCOc1ccc(C#Cc2ccc(F)nc2)cc1.CCCc1ccc(C#Cc2ccc(Cl)nc2)cc1.CCOc1ccc(C#Cc2ccc(F)nc2)cc1.CCc1ccc(C#Cc2ccc(Cl)nc2)cc1. The van der Waals surface area contributed by atoms with E-state index in [-0.39, 0.29) is 0 Å². The fourth-order valence-corrected chi connectivity index (χ4v) is 11.3. The maximum Gasteiger partial charge on any atom is 0.212 e. The molecule has 7 aromatic carbocycles. The second-order valence-electron chi connectivity index (χ2n) is 28.8. The topological polar surface area (TPSA) is 127 Å². The van der Waals surface area contributed by atoms with E-state index in [2.05, 4.69) is 220 Å². The largest absolute Gasteiger partial charge is 0.494 e. The Labute approximate surface area is 790 Å². The van der Waals surface area contributed by atoms with Gasteiger partial charge in [-0.05, 0) is 287 Å². The Morgan fingerprint density at radius 1 is 0.212 bits per heavy atom. The molecule has 0 radical (unpaired) electrons. The van der Waals surface area contributed by atoms with E-state index in [0.717, 1.165) is 137 Å². The molecule has 0 amide bonds. The van der Waals surface area contributed by atoms with Gasteiger partial charge < -0.3 is 18.9 Å². The van der Waals surface area contributed by atoms with Crippen molar-refractivity contribution in [3.8, 4) is 106 Å². The summed E-state index contributed by atoms with van der Waals surface area (Å²) in [6.07, 6.45) is 24.3. The van der Waals surface area contributed by atoms with Gasteiger partial charge in [-0.2, -0.15) is 17.6 Å². The van der Waals surface area contributed by atoms with Crippen molar-refractivity contribution in [2.24, 2.45) is 0 Å². The van der Waals surface area contributed by atoms with Crippen LogP contribution in [-0.4, -0.2) is 61.3 Å². The first-order chi connectivity index (χ1) is 64.4. The summed E-state index contributed by atoms with van der Waals surface area (Å²) in [5, 5.41) is 1.47. The average molecular weight is 1820 g/mol. The van der Waals surface area contributed by atoms with E-state index < -0.39 is 23.8 Å². The van der Waals surface area contributed by atoms with Crippen LogP contribution in [0, 0.1) is 107 Å². The van der Waals surface area contributed by atoms with E-state index in [1.165, 1.54) is 97.8 Å². The number of nitrogens with zero attached hydrogens (tertiary/aromatic N) is 7. The molecule has 7 aromatic heterocycles. The van der Waals surface area contributed by atoms with Crippen LogP contribution >= 0.6 is 34.8 Å². The molecule has 0 bridgehead atoms. The Morgan fingerprint density at radius 2 is 0.447 bits per heavy atom. The lowest BCUT2D eigenvalue weighted by Crippen LogP contribution is -1.96. The van der Waals surface area contributed by atoms with E-state index in [0.29, 0.717) is 50.9 Å². The molecule has 0 unspecified atom stereocenters. The summed E-state index contributed by atoms with van der Waals surface area (Å²) < 4.78 is 72.6. The molecule has 0 aliphatic carbocycles. The van der Waals surface area contributed by atoms with Crippen molar-refractivity contribution in [1.82, 2.24) is 34.9 Å². The van der Waals surface area contributed by atoms with Crippen molar-refractivity contribution >= 4 is 34.8 Å². The van der Waals surface area contributed by atoms with Crippen LogP contribution in [0.3, 0.4) is 0 Å². The number of hydrogen-bond acceptors (Lipinski definition) is 11. The Balaban J connectivity index is 0.000000190. The van der Waals surface area contributed by atoms with Gasteiger partial charge in [-0.3, -0.25) is 0 Å². The van der Waals surface area contributed by atoms with Crippen molar-refractivity contribution in [3.63, 3.8) is 0 Å². The summed E-state index contributed by atoms with van der Waals surface area (Å²) in [5.41, 5.74) is 16.0. The van der Waals surface area contributed by atoms with E-state index in [4.69, 9.17) is 53.8 Å². The van der Waals surface area contributed by atoms with Crippen LogP contribution in [0.2, 0.25) is 15.5 Å². The zero-order valence-corrected chi connectivity index (χ0v) is 77.3. The molecular formula is C114H102Cl3F4N7O4. The first-order valence-corrected chi connectivity index (χ1v) is 44.7. The number of pyridine rings is 7. The minimum absolute atomic E-state index is 0.489. The highest BCUT2D eigenvalue weighted by Gasteiger charge is 2.03. The second kappa shape index (κ2) is 60.9. The van der Waals surface area contributed by atoms with Gasteiger partial charge in [0, 0.05) is 121 Å². The molecule has 0 fully saturated rings. The van der Waals surface area contributed by atoms with Crippen molar-refractivity contribution in [2.75, 3.05) is 26.4 Å². The molecule has 0 atom stereocenters. The van der Waals surface area contributed by atoms with Gasteiger partial charge >= 0.3 is 0 Å². The molecule has 14 aromatic rings. The van der Waals surface area contributed by atoms with Crippen LogP contribution in [0.15, 0.2) is 298 Å². The number of halogens is 7. The molecule has 0 N–H and O–H groups in total. The molecule has 0 spiro atoms. The lowest BCUT2D eigenvalue weighted by Gasteiger charge is -2.05. The molecular weight excluding hydrogens is 1710 g/mol. The number of ether oxygens (including phenoxy) is 4. The van der Waals surface area contributed by atoms with Crippen LogP contribution < -0.4 is 18.9 Å². The van der Waals surface area contributed by atoms with Crippen LogP contribution in [0.4, 0.5) is 17.6 Å². The van der Waals surface area contributed by atoms with Crippen LogP contribution in [0.5, 0.6) is 23.0 Å². The van der Waals surface area contributed by atoms with Gasteiger partial charge in [-0.25, -0.2) is 34.9 Å². The first kappa shape index (κ1) is 103.